The Morgan fingerprint density at radius 3 is 2.92 bits per heavy atom. The van der Waals surface area contributed by atoms with Crippen molar-refractivity contribution >= 4 is 5.91 Å². The molecule has 0 aromatic heterocycles. The molecule has 1 heterocycles. The summed E-state index contributed by atoms with van der Waals surface area (Å²) < 4.78 is 29.1. The van der Waals surface area contributed by atoms with Crippen LogP contribution >= 0.6 is 0 Å². The predicted molar refractivity (Wildman–Crippen MR) is 42.5 cm³/mol. The fraction of sp³-hybridized carbons (Fsp3) is 0.625. The SMILES string of the molecule is C=CC(=O)N1CCOC(C(F)F)C1. The molecule has 1 saturated heterocycles. The number of carbonyl (C=O) groups is 1. The maximum absolute atomic E-state index is 12.2. The smallest absolute Gasteiger partial charge is 0.266 e. The summed E-state index contributed by atoms with van der Waals surface area (Å²) in [5.41, 5.74) is 0. The Morgan fingerprint density at radius 1 is 1.69 bits per heavy atom. The lowest BCUT2D eigenvalue weighted by molar-refractivity contribution is -0.141. The normalized spacial score (nSPS) is 23.3. The van der Waals surface area contributed by atoms with Crippen LogP contribution in [-0.2, 0) is 9.53 Å². The van der Waals surface area contributed by atoms with E-state index in [4.69, 9.17) is 4.74 Å². The molecule has 0 radical (unpaired) electrons. The molecule has 1 aliphatic heterocycles. The van der Waals surface area contributed by atoms with Gasteiger partial charge in [-0.2, -0.15) is 0 Å². The monoisotopic (exact) mass is 191 g/mol. The number of morpholine rings is 1. The third-order valence-electron chi connectivity index (χ3n) is 1.86. The Kier molecular flexibility index (Phi) is 3.36. The van der Waals surface area contributed by atoms with Crippen molar-refractivity contribution in [2.45, 2.75) is 12.5 Å². The van der Waals surface area contributed by atoms with Gasteiger partial charge < -0.3 is 9.64 Å². The van der Waals surface area contributed by atoms with Crippen molar-refractivity contribution in [2.75, 3.05) is 19.7 Å². The number of nitrogens with zero attached hydrogens (tertiary/aromatic N) is 1. The summed E-state index contributed by atoms with van der Waals surface area (Å²) >= 11 is 0. The number of hydrogen-bond acceptors (Lipinski definition) is 2. The lowest BCUT2D eigenvalue weighted by Crippen LogP contribution is -2.47. The van der Waals surface area contributed by atoms with E-state index in [2.05, 4.69) is 6.58 Å². The number of alkyl halides is 2. The Labute approximate surface area is 75.0 Å². The molecular formula is C8H11F2NO2. The predicted octanol–water partition coefficient (Wildman–Crippen LogP) is 0.665. The summed E-state index contributed by atoms with van der Waals surface area (Å²) in [6, 6.07) is 0. The Morgan fingerprint density at radius 2 is 2.38 bits per heavy atom. The topological polar surface area (TPSA) is 29.5 Å². The second-order valence-corrected chi connectivity index (χ2v) is 2.73. The third kappa shape index (κ3) is 2.48. The zero-order valence-electron chi connectivity index (χ0n) is 7.08. The molecule has 3 nitrogen and oxygen atoms in total. The highest BCUT2D eigenvalue weighted by Gasteiger charge is 2.29. The van der Waals surface area contributed by atoms with Gasteiger partial charge in [0, 0.05) is 6.54 Å². The lowest BCUT2D eigenvalue weighted by atomic mass is 10.3. The van der Waals surface area contributed by atoms with E-state index < -0.39 is 12.5 Å². The molecule has 13 heavy (non-hydrogen) atoms. The van der Waals surface area contributed by atoms with Gasteiger partial charge in [-0.05, 0) is 6.08 Å². The molecule has 0 spiro atoms. The summed E-state index contributed by atoms with van der Waals surface area (Å²) in [4.78, 5) is 12.4. The van der Waals surface area contributed by atoms with Crippen molar-refractivity contribution in [1.29, 1.82) is 0 Å². The van der Waals surface area contributed by atoms with Crippen LogP contribution in [0, 0.1) is 0 Å². The largest absolute Gasteiger partial charge is 0.369 e. The highest BCUT2D eigenvalue weighted by molar-refractivity contribution is 5.87. The first kappa shape index (κ1) is 10.1. The van der Waals surface area contributed by atoms with E-state index in [0.717, 1.165) is 6.08 Å². The van der Waals surface area contributed by atoms with Crippen molar-refractivity contribution < 1.29 is 18.3 Å². The van der Waals surface area contributed by atoms with Gasteiger partial charge in [-0.1, -0.05) is 6.58 Å². The summed E-state index contributed by atoms with van der Waals surface area (Å²) in [6.07, 6.45) is -2.58. The average Bonchev–Trinajstić information content (AvgIpc) is 2.17. The second kappa shape index (κ2) is 4.32. The maximum atomic E-state index is 12.2. The van der Waals surface area contributed by atoms with Gasteiger partial charge in [-0.15, -0.1) is 0 Å². The van der Waals surface area contributed by atoms with E-state index in [0.29, 0.717) is 6.54 Å². The minimum Gasteiger partial charge on any atom is -0.369 e. The number of ether oxygens (including phenoxy) is 1. The van der Waals surface area contributed by atoms with E-state index in [1.165, 1.54) is 4.90 Å². The molecule has 0 aromatic rings. The standard InChI is InChI=1S/C8H11F2NO2/c1-2-7(12)11-3-4-13-6(5-11)8(9)10/h2,6,8H,1,3-5H2. The second-order valence-electron chi connectivity index (χ2n) is 2.73. The van der Waals surface area contributed by atoms with E-state index in [1.807, 2.05) is 0 Å². The molecule has 1 unspecified atom stereocenters. The van der Waals surface area contributed by atoms with Crippen molar-refractivity contribution in [3.63, 3.8) is 0 Å². The van der Waals surface area contributed by atoms with Gasteiger partial charge in [0.05, 0.1) is 13.2 Å². The maximum Gasteiger partial charge on any atom is 0.266 e. The van der Waals surface area contributed by atoms with Crippen LogP contribution in [0.25, 0.3) is 0 Å². The first-order chi connectivity index (χ1) is 6.15. The summed E-state index contributed by atoms with van der Waals surface area (Å²) in [6.45, 7) is 3.75. The molecule has 74 valence electrons. The zero-order chi connectivity index (χ0) is 9.84. The Hall–Kier alpha value is -0.970. The van der Waals surface area contributed by atoms with Crippen LogP contribution in [0.5, 0.6) is 0 Å². The van der Waals surface area contributed by atoms with Gasteiger partial charge in [0.25, 0.3) is 6.43 Å². The van der Waals surface area contributed by atoms with Gasteiger partial charge >= 0.3 is 0 Å². The van der Waals surface area contributed by atoms with Crippen LogP contribution in [0.4, 0.5) is 8.78 Å². The molecule has 1 fully saturated rings. The average molecular weight is 191 g/mol. The van der Waals surface area contributed by atoms with Crippen molar-refractivity contribution in [1.82, 2.24) is 4.90 Å². The number of carbonyl (C=O) groups excluding carboxylic acids is 1. The molecule has 0 N–H and O–H groups in total. The third-order valence-corrected chi connectivity index (χ3v) is 1.86. The number of amides is 1. The first-order valence-corrected chi connectivity index (χ1v) is 3.96. The van der Waals surface area contributed by atoms with E-state index in [9.17, 15) is 13.6 Å². The molecule has 0 bridgehead atoms. The molecule has 1 atom stereocenters. The van der Waals surface area contributed by atoms with Crippen LogP contribution in [0.3, 0.4) is 0 Å². The van der Waals surface area contributed by atoms with Crippen molar-refractivity contribution in [3.05, 3.63) is 12.7 Å². The summed E-state index contributed by atoms with van der Waals surface area (Å²) in [7, 11) is 0. The van der Waals surface area contributed by atoms with Gasteiger partial charge in [-0.25, -0.2) is 8.78 Å². The molecular weight excluding hydrogens is 180 g/mol. The Bertz CT molecular complexity index is 208. The molecule has 1 amide bonds. The summed E-state index contributed by atoms with van der Waals surface area (Å²) in [5.74, 6) is -0.325. The number of halogens is 2. The minimum absolute atomic E-state index is 0.0531. The van der Waals surface area contributed by atoms with Gasteiger partial charge in [0.1, 0.15) is 6.10 Å². The number of hydrogen-bond donors (Lipinski definition) is 0. The quantitative estimate of drug-likeness (QED) is 0.600. The molecule has 5 heteroatoms. The van der Waals surface area contributed by atoms with Crippen LogP contribution < -0.4 is 0 Å². The van der Waals surface area contributed by atoms with E-state index in [-0.39, 0.29) is 19.1 Å². The molecule has 0 aliphatic carbocycles. The van der Waals surface area contributed by atoms with Gasteiger partial charge in [0.15, 0.2) is 0 Å². The molecule has 1 rings (SSSR count). The zero-order valence-corrected chi connectivity index (χ0v) is 7.08. The highest BCUT2D eigenvalue weighted by Crippen LogP contribution is 2.12. The fourth-order valence-electron chi connectivity index (χ4n) is 1.16. The first-order valence-electron chi connectivity index (χ1n) is 3.96. The van der Waals surface area contributed by atoms with Gasteiger partial charge in [0.2, 0.25) is 5.91 Å². The Balaban J connectivity index is 2.51. The van der Waals surface area contributed by atoms with E-state index in [1.54, 1.807) is 0 Å². The van der Waals surface area contributed by atoms with Gasteiger partial charge in [-0.3, -0.25) is 4.79 Å². The van der Waals surface area contributed by atoms with Crippen LogP contribution in [0.15, 0.2) is 12.7 Å². The minimum atomic E-state index is -2.54. The molecule has 1 aliphatic rings. The lowest BCUT2D eigenvalue weighted by Gasteiger charge is -2.31. The molecule has 0 aromatic carbocycles. The highest BCUT2D eigenvalue weighted by atomic mass is 19.3. The van der Waals surface area contributed by atoms with Crippen LogP contribution in [0.1, 0.15) is 0 Å². The summed E-state index contributed by atoms with van der Waals surface area (Å²) in [5, 5.41) is 0. The van der Waals surface area contributed by atoms with Crippen LogP contribution in [0.2, 0.25) is 0 Å². The fourth-order valence-corrected chi connectivity index (χ4v) is 1.16. The van der Waals surface area contributed by atoms with Crippen molar-refractivity contribution in [3.8, 4) is 0 Å². The number of rotatable bonds is 2. The van der Waals surface area contributed by atoms with Crippen molar-refractivity contribution in [2.24, 2.45) is 0 Å². The van der Waals surface area contributed by atoms with Crippen LogP contribution in [-0.4, -0.2) is 43.0 Å². The molecule has 0 saturated carbocycles. The van der Waals surface area contributed by atoms with E-state index >= 15 is 0 Å².